The Morgan fingerprint density at radius 3 is 2.47 bits per heavy atom. The van der Waals surface area contributed by atoms with E-state index in [1.54, 1.807) is 18.9 Å². The third-order valence-corrected chi connectivity index (χ3v) is 2.82. The van der Waals surface area contributed by atoms with E-state index in [1.807, 2.05) is 0 Å². The van der Waals surface area contributed by atoms with Crippen molar-refractivity contribution in [2.24, 2.45) is 0 Å². The van der Waals surface area contributed by atoms with Crippen LogP contribution in [0.2, 0.25) is 0 Å². The van der Waals surface area contributed by atoms with Gasteiger partial charge < -0.3 is 10.4 Å². The molecule has 6 heteroatoms. The fourth-order valence-corrected chi connectivity index (χ4v) is 1.49. The van der Waals surface area contributed by atoms with Gasteiger partial charge in [0.05, 0.1) is 13.2 Å². The Labute approximate surface area is 111 Å². The number of aliphatic hydroxyl groups excluding tert-OH is 1. The van der Waals surface area contributed by atoms with E-state index in [9.17, 15) is 13.6 Å². The van der Waals surface area contributed by atoms with E-state index >= 15 is 0 Å². The fourth-order valence-electron chi connectivity index (χ4n) is 1.49. The first-order chi connectivity index (χ1) is 8.92. The summed E-state index contributed by atoms with van der Waals surface area (Å²) in [7, 11) is 1.71. The van der Waals surface area contributed by atoms with Crippen molar-refractivity contribution < 1.29 is 18.7 Å². The zero-order valence-electron chi connectivity index (χ0n) is 11.0. The molecule has 106 valence electrons. The molecule has 1 rings (SSSR count). The molecule has 1 unspecified atom stereocenters. The van der Waals surface area contributed by atoms with Gasteiger partial charge in [0.1, 0.15) is 11.6 Å². The highest BCUT2D eigenvalue weighted by atomic mass is 19.1. The highest BCUT2D eigenvalue weighted by Crippen LogP contribution is 2.07. The van der Waals surface area contributed by atoms with Crippen molar-refractivity contribution in [3.8, 4) is 0 Å². The van der Waals surface area contributed by atoms with Crippen LogP contribution in [0.4, 0.5) is 8.78 Å². The maximum atomic E-state index is 12.9. The van der Waals surface area contributed by atoms with Gasteiger partial charge in [0, 0.05) is 18.7 Å². The zero-order chi connectivity index (χ0) is 14.4. The van der Waals surface area contributed by atoms with Gasteiger partial charge in [-0.25, -0.2) is 8.78 Å². The Morgan fingerprint density at radius 1 is 1.37 bits per heavy atom. The van der Waals surface area contributed by atoms with Gasteiger partial charge in [0.25, 0.3) is 0 Å². The summed E-state index contributed by atoms with van der Waals surface area (Å²) >= 11 is 0. The quantitative estimate of drug-likeness (QED) is 0.809. The van der Waals surface area contributed by atoms with Gasteiger partial charge in [-0.15, -0.1) is 0 Å². The van der Waals surface area contributed by atoms with Crippen molar-refractivity contribution in [2.75, 3.05) is 20.2 Å². The molecule has 0 saturated carbocycles. The summed E-state index contributed by atoms with van der Waals surface area (Å²) in [5.74, 6) is -1.61. The van der Waals surface area contributed by atoms with Crippen LogP contribution in [-0.4, -0.2) is 42.2 Å². The molecule has 0 bridgehead atoms. The maximum Gasteiger partial charge on any atom is 0.234 e. The molecule has 0 aliphatic carbocycles. The predicted molar refractivity (Wildman–Crippen MR) is 67.4 cm³/mol. The summed E-state index contributed by atoms with van der Waals surface area (Å²) in [4.78, 5) is 13.3. The van der Waals surface area contributed by atoms with Gasteiger partial charge in [0.15, 0.2) is 0 Å². The fraction of sp³-hybridized carbons (Fsp3) is 0.462. The van der Waals surface area contributed by atoms with E-state index in [0.717, 1.165) is 6.07 Å². The molecule has 0 spiro atoms. The van der Waals surface area contributed by atoms with Gasteiger partial charge in [-0.05, 0) is 31.7 Å². The Hall–Kier alpha value is -1.53. The number of rotatable bonds is 6. The molecule has 1 aromatic carbocycles. The molecule has 4 nitrogen and oxygen atoms in total. The molecule has 0 fully saturated rings. The second kappa shape index (κ2) is 7.16. The Balaban J connectivity index is 2.46. The van der Waals surface area contributed by atoms with Crippen LogP contribution in [0.5, 0.6) is 0 Å². The van der Waals surface area contributed by atoms with Crippen LogP contribution in [0.15, 0.2) is 18.2 Å². The lowest BCUT2D eigenvalue weighted by molar-refractivity contribution is -0.122. The molecule has 0 aliphatic heterocycles. The molecule has 19 heavy (non-hydrogen) atoms. The molecular formula is C13H18F2N2O2. The van der Waals surface area contributed by atoms with Crippen LogP contribution >= 0.6 is 0 Å². The average molecular weight is 272 g/mol. The van der Waals surface area contributed by atoms with E-state index in [0.29, 0.717) is 5.56 Å². The van der Waals surface area contributed by atoms with E-state index in [4.69, 9.17) is 5.11 Å². The van der Waals surface area contributed by atoms with Crippen molar-refractivity contribution in [3.63, 3.8) is 0 Å². The number of carbonyl (C=O) groups is 1. The summed E-state index contributed by atoms with van der Waals surface area (Å²) in [5, 5.41) is 11.5. The van der Waals surface area contributed by atoms with Crippen molar-refractivity contribution >= 4 is 5.91 Å². The van der Waals surface area contributed by atoms with Crippen LogP contribution in [0.25, 0.3) is 0 Å². The largest absolute Gasteiger partial charge is 0.395 e. The second-order valence-electron chi connectivity index (χ2n) is 4.50. The smallest absolute Gasteiger partial charge is 0.234 e. The number of carbonyl (C=O) groups excluding carboxylic acids is 1. The molecule has 1 amide bonds. The van der Waals surface area contributed by atoms with Gasteiger partial charge in [-0.2, -0.15) is 0 Å². The van der Waals surface area contributed by atoms with Gasteiger partial charge in [-0.3, -0.25) is 9.69 Å². The van der Waals surface area contributed by atoms with Crippen molar-refractivity contribution in [2.45, 2.75) is 19.5 Å². The summed E-state index contributed by atoms with van der Waals surface area (Å²) < 4.78 is 25.9. The van der Waals surface area contributed by atoms with Crippen molar-refractivity contribution in [1.82, 2.24) is 10.2 Å². The Bertz CT molecular complexity index is 420. The first-order valence-corrected chi connectivity index (χ1v) is 5.95. The zero-order valence-corrected chi connectivity index (χ0v) is 11.0. The predicted octanol–water partition coefficient (Wildman–Crippen LogP) is 0.894. The number of amides is 1. The standard InChI is InChI=1S/C13H18F2N2O2/c1-9(8-18)17(2)7-13(19)16-6-10-3-11(14)5-12(15)4-10/h3-5,9,18H,6-8H2,1-2H3,(H,16,19). The Kier molecular flexibility index (Phi) is 5.85. The molecule has 1 atom stereocenters. The summed E-state index contributed by atoms with van der Waals surface area (Å²) in [6.07, 6.45) is 0. The highest BCUT2D eigenvalue weighted by molar-refractivity contribution is 5.78. The lowest BCUT2D eigenvalue weighted by Crippen LogP contribution is -2.40. The molecule has 1 aromatic rings. The number of benzene rings is 1. The van der Waals surface area contributed by atoms with E-state index < -0.39 is 11.6 Å². The third kappa shape index (κ3) is 5.32. The number of likely N-dealkylation sites (N-methyl/N-ethyl adjacent to an activating group) is 1. The molecule has 0 aliphatic rings. The molecule has 0 saturated heterocycles. The number of nitrogens with zero attached hydrogens (tertiary/aromatic N) is 1. The third-order valence-electron chi connectivity index (χ3n) is 2.82. The first-order valence-electron chi connectivity index (χ1n) is 5.95. The normalized spacial score (nSPS) is 12.5. The van der Waals surface area contributed by atoms with E-state index in [-0.39, 0.29) is 31.6 Å². The Morgan fingerprint density at radius 2 is 1.95 bits per heavy atom. The van der Waals surface area contributed by atoms with Gasteiger partial charge >= 0.3 is 0 Å². The van der Waals surface area contributed by atoms with E-state index in [2.05, 4.69) is 5.32 Å². The molecule has 0 aromatic heterocycles. The number of halogens is 2. The first kappa shape index (κ1) is 15.5. The molecule has 0 radical (unpaired) electrons. The SMILES string of the molecule is CC(CO)N(C)CC(=O)NCc1cc(F)cc(F)c1. The lowest BCUT2D eigenvalue weighted by atomic mass is 10.2. The molecule has 2 N–H and O–H groups in total. The maximum absolute atomic E-state index is 12.9. The van der Waals surface area contributed by atoms with Crippen LogP contribution in [0.3, 0.4) is 0 Å². The van der Waals surface area contributed by atoms with Crippen LogP contribution in [0, 0.1) is 11.6 Å². The number of nitrogens with one attached hydrogen (secondary N) is 1. The number of hydrogen-bond donors (Lipinski definition) is 2. The van der Waals surface area contributed by atoms with Gasteiger partial charge in [-0.1, -0.05) is 0 Å². The van der Waals surface area contributed by atoms with Gasteiger partial charge in [0.2, 0.25) is 5.91 Å². The second-order valence-corrected chi connectivity index (χ2v) is 4.50. The summed E-state index contributed by atoms with van der Waals surface area (Å²) in [5.41, 5.74) is 0.365. The highest BCUT2D eigenvalue weighted by Gasteiger charge is 2.12. The summed E-state index contributed by atoms with van der Waals surface area (Å²) in [6, 6.07) is 2.99. The molecular weight excluding hydrogens is 254 g/mol. The minimum Gasteiger partial charge on any atom is -0.395 e. The minimum absolute atomic E-state index is 0.0428. The topological polar surface area (TPSA) is 52.6 Å². The summed E-state index contributed by atoms with van der Waals surface area (Å²) in [6.45, 7) is 1.92. The van der Waals surface area contributed by atoms with Crippen LogP contribution in [-0.2, 0) is 11.3 Å². The van der Waals surface area contributed by atoms with Crippen molar-refractivity contribution in [3.05, 3.63) is 35.4 Å². The molecule has 0 heterocycles. The number of aliphatic hydroxyl groups is 1. The monoisotopic (exact) mass is 272 g/mol. The van der Waals surface area contributed by atoms with E-state index in [1.165, 1.54) is 12.1 Å². The average Bonchev–Trinajstić information content (AvgIpc) is 2.34. The van der Waals surface area contributed by atoms with Crippen LogP contribution < -0.4 is 5.32 Å². The minimum atomic E-state index is -0.671. The van der Waals surface area contributed by atoms with Crippen molar-refractivity contribution in [1.29, 1.82) is 0 Å². The lowest BCUT2D eigenvalue weighted by Gasteiger charge is -2.21. The number of hydrogen-bond acceptors (Lipinski definition) is 3. The van der Waals surface area contributed by atoms with Crippen LogP contribution in [0.1, 0.15) is 12.5 Å².